The number of amides is 1. The number of carboxylic acid groups (broad SMARTS) is 1. The molecule has 3 unspecified atom stereocenters. The topological polar surface area (TPSA) is 64.1 Å². The van der Waals surface area contributed by atoms with Gasteiger partial charge < -0.3 is 10.0 Å². The third-order valence-corrected chi connectivity index (χ3v) is 5.64. The summed E-state index contributed by atoms with van der Waals surface area (Å²) in [7, 11) is 1.89. The van der Waals surface area contributed by atoms with Crippen LogP contribution in [-0.4, -0.2) is 83.0 Å². The molecule has 0 aromatic rings. The Morgan fingerprint density at radius 1 is 1.04 bits per heavy atom. The van der Waals surface area contributed by atoms with E-state index in [2.05, 4.69) is 23.6 Å². The minimum Gasteiger partial charge on any atom is -0.480 e. The molecule has 6 nitrogen and oxygen atoms in total. The van der Waals surface area contributed by atoms with Crippen molar-refractivity contribution in [2.24, 2.45) is 0 Å². The number of likely N-dealkylation sites (N-methyl/N-ethyl adjacent to an activating group) is 1. The monoisotopic (exact) mass is 375 g/mol. The van der Waals surface area contributed by atoms with E-state index >= 15 is 0 Å². The standard InChI is InChI=1S/C18H33N3O3.ClH/c1-14-6-4-7-15(2)21(14)17(22)12-20-10-5-8-16(9-11-20)19(3)13-18(23)24;/h14-16H,4-13H2,1-3H3,(H,23,24);1H. The van der Waals surface area contributed by atoms with Crippen LogP contribution in [-0.2, 0) is 9.59 Å². The smallest absolute Gasteiger partial charge is 0.317 e. The molecule has 1 amide bonds. The number of rotatable bonds is 5. The van der Waals surface area contributed by atoms with Crippen LogP contribution < -0.4 is 0 Å². The SMILES string of the molecule is CC1CCCC(C)N1C(=O)CN1CCCC(N(C)CC(=O)O)CC1.Cl. The lowest BCUT2D eigenvalue weighted by Gasteiger charge is -2.40. The van der Waals surface area contributed by atoms with Gasteiger partial charge in [-0.05, 0) is 66.0 Å². The highest BCUT2D eigenvalue weighted by molar-refractivity contribution is 5.85. The lowest BCUT2D eigenvalue weighted by molar-refractivity contribution is -0.139. The van der Waals surface area contributed by atoms with E-state index in [0.717, 1.165) is 45.2 Å². The van der Waals surface area contributed by atoms with Crippen molar-refractivity contribution in [3.05, 3.63) is 0 Å². The molecule has 3 atom stereocenters. The molecular weight excluding hydrogens is 342 g/mol. The molecule has 0 aromatic carbocycles. The van der Waals surface area contributed by atoms with Crippen LogP contribution in [0.5, 0.6) is 0 Å². The Morgan fingerprint density at radius 3 is 2.28 bits per heavy atom. The van der Waals surface area contributed by atoms with Crippen LogP contribution in [0.2, 0.25) is 0 Å². The summed E-state index contributed by atoms with van der Waals surface area (Å²) in [5.41, 5.74) is 0. The zero-order valence-electron chi connectivity index (χ0n) is 15.8. The summed E-state index contributed by atoms with van der Waals surface area (Å²) in [5.74, 6) is -0.520. The number of halogens is 1. The van der Waals surface area contributed by atoms with E-state index < -0.39 is 5.97 Å². The second-order valence-electron chi connectivity index (χ2n) is 7.60. The Kier molecular flexibility index (Phi) is 9.17. The second kappa shape index (κ2) is 10.3. The molecule has 0 aromatic heterocycles. The molecule has 0 radical (unpaired) electrons. The third kappa shape index (κ3) is 6.42. The molecule has 2 aliphatic heterocycles. The zero-order valence-corrected chi connectivity index (χ0v) is 16.6. The largest absolute Gasteiger partial charge is 0.480 e. The van der Waals surface area contributed by atoms with Gasteiger partial charge in [0, 0.05) is 24.7 Å². The molecule has 2 saturated heterocycles. The molecule has 146 valence electrons. The normalized spacial score (nSPS) is 28.3. The number of aliphatic carboxylic acids is 1. The number of carboxylic acids is 1. The predicted molar refractivity (Wildman–Crippen MR) is 101 cm³/mol. The molecule has 0 bridgehead atoms. The van der Waals surface area contributed by atoms with Crippen LogP contribution >= 0.6 is 12.4 Å². The van der Waals surface area contributed by atoms with Crippen molar-refractivity contribution >= 4 is 24.3 Å². The highest BCUT2D eigenvalue weighted by Crippen LogP contribution is 2.23. The Morgan fingerprint density at radius 2 is 1.68 bits per heavy atom. The van der Waals surface area contributed by atoms with E-state index in [9.17, 15) is 9.59 Å². The summed E-state index contributed by atoms with van der Waals surface area (Å²) in [6.45, 7) is 6.72. The van der Waals surface area contributed by atoms with Gasteiger partial charge in [-0.2, -0.15) is 0 Å². The fourth-order valence-electron chi connectivity index (χ4n) is 4.27. The number of carbonyl (C=O) groups excluding carboxylic acids is 1. The first-order valence-electron chi connectivity index (χ1n) is 9.34. The first kappa shape index (κ1) is 22.2. The van der Waals surface area contributed by atoms with Crippen molar-refractivity contribution in [3.8, 4) is 0 Å². The average molecular weight is 376 g/mol. The van der Waals surface area contributed by atoms with E-state index in [1.54, 1.807) is 0 Å². The minimum atomic E-state index is -0.776. The van der Waals surface area contributed by atoms with Crippen LogP contribution in [0.15, 0.2) is 0 Å². The molecule has 1 N–H and O–H groups in total. The lowest BCUT2D eigenvalue weighted by atomic mass is 9.97. The molecular formula is C18H34ClN3O3. The fraction of sp³-hybridized carbons (Fsp3) is 0.889. The quantitative estimate of drug-likeness (QED) is 0.796. The Hall–Kier alpha value is -0.850. The molecule has 2 heterocycles. The van der Waals surface area contributed by atoms with Gasteiger partial charge in [0.05, 0.1) is 13.1 Å². The van der Waals surface area contributed by atoms with Crippen molar-refractivity contribution < 1.29 is 14.7 Å². The van der Waals surface area contributed by atoms with Gasteiger partial charge in [-0.25, -0.2) is 0 Å². The highest BCUT2D eigenvalue weighted by atomic mass is 35.5. The first-order valence-corrected chi connectivity index (χ1v) is 9.34. The molecule has 0 aliphatic carbocycles. The summed E-state index contributed by atoms with van der Waals surface area (Å²) < 4.78 is 0. The van der Waals surface area contributed by atoms with E-state index in [0.29, 0.717) is 24.7 Å². The van der Waals surface area contributed by atoms with Gasteiger partial charge in [-0.1, -0.05) is 0 Å². The maximum absolute atomic E-state index is 12.8. The Bertz CT molecular complexity index is 439. The van der Waals surface area contributed by atoms with Crippen LogP contribution in [0.4, 0.5) is 0 Å². The molecule has 2 aliphatic rings. The maximum Gasteiger partial charge on any atom is 0.317 e. The molecule has 2 rings (SSSR count). The van der Waals surface area contributed by atoms with Gasteiger partial charge >= 0.3 is 5.97 Å². The Balaban J connectivity index is 0.00000312. The molecule has 7 heteroatoms. The van der Waals surface area contributed by atoms with E-state index in [-0.39, 0.29) is 24.9 Å². The number of hydrogen-bond acceptors (Lipinski definition) is 4. The van der Waals surface area contributed by atoms with Crippen LogP contribution in [0.25, 0.3) is 0 Å². The van der Waals surface area contributed by atoms with Crippen LogP contribution in [0.1, 0.15) is 52.4 Å². The van der Waals surface area contributed by atoms with E-state index in [1.807, 2.05) is 11.9 Å². The van der Waals surface area contributed by atoms with Crippen molar-refractivity contribution in [2.75, 3.05) is 33.2 Å². The maximum atomic E-state index is 12.8. The lowest BCUT2D eigenvalue weighted by Crippen LogP contribution is -2.51. The molecule has 25 heavy (non-hydrogen) atoms. The number of nitrogens with zero attached hydrogens (tertiary/aromatic N) is 3. The number of likely N-dealkylation sites (tertiary alicyclic amines) is 2. The first-order chi connectivity index (χ1) is 11.4. The summed E-state index contributed by atoms with van der Waals surface area (Å²) in [6.07, 6.45) is 6.39. The number of hydrogen-bond donors (Lipinski definition) is 1. The molecule has 2 fully saturated rings. The van der Waals surface area contributed by atoms with Gasteiger partial charge in [0.15, 0.2) is 0 Å². The van der Waals surface area contributed by atoms with Crippen molar-refractivity contribution in [1.82, 2.24) is 14.7 Å². The third-order valence-electron chi connectivity index (χ3n) is 5.64. The van der Waals surface area contributed by atoms with Crippen molar-refractivity contribution in [1.29, 1.82) is 0 Å². The fourth-order valence-corrected chi connectivity index (χ4v) is 4.27. The predicted octanol–water partition coefficient (Wildman–Crippen LogP) is 2.07. The van der Waals surface area contributed by atoms with E-state index in [4.69, 9.17) is 5.11 Å². The summed E-state index contributed by atoms with van der Waals surface area (Å²) in [5, 5.41) is 8.95. The van der Waals surface area contributed by atoms with Crippen molar-refractivity contribution in [2.45, 2.75) is 70.5 Å². The second-order valence-corrected chi connectivity index (χ2v) is 7.60. The van der Waals surface area contributed by atoms with Gasteiger partial charge in [0.1, 0.15) is 0 Å². The molecule has 0 saturated carbocycles. The number of carbonyl (C=O) groups is 2. The van der Waals surface area contributed by atoms with Gasteiger partial charge in [-0.3, -0.25) is 19.4 Å². The van der Waals surface area contributed by atoms with Gasteiger partial charge in [0.25, 0.3) is 0 Å². The minimum absolute atomic E-state index is 0. The summed E-state index contributed by atoms with van der Waals surface area (Å²) in [6, 6.07) is 0.999. The summed E-state index contributed by atoms with van der Waals surface area (Å²) in [4.78, 5) is 29.9. The molecule has 0 spiro atoms. The van der Waals surface area contributed by atoms with Crippen molar-refractivity contribution in [3.63, 3.8) is 0 Å². The van der Waals surface area contributed by atoms with Gasteiger partial charge in [-0.15, -0.1) is 12.4 Å². The van der Waals surface area contributed by atoms with E-state index in [1.165, 1.54) is 6.42 Å². The summed E-state index contributed by atoms with van der Waals surface area (Å²) >= 11 is 0. The Labute approximate surface area is 157 Å². The van der Waals surface area contributed by atoms with Gasteiger partial charge in [0.2, 0.25) is 5.91 Å². The van der Waals surface area contributed by atoms with Crippen LogP contribution in [0, 0.1) is 0 Å². The average Bonchev–Trinajstić information content (AvgIpc) is 2.72. The highest BCUT2D eigenvalue weighted by Gasteiger charge is 2.30. The number of piperidine rings is 1. The zero-order chi connectivity index (χ0) is 17.7. The van der Waals surface area contributed by atoms with Crippen LogP contribution in [0.3, 0.4) is 0 Å².